The van der Waals surface area contributed by atoms with E-state index < -0.39 is 11.9 Å². The maximum atomic E-state index is 12.6. The third-order valence-corrected chi connectivity index (χ3v) is 5.63. The molecule has 2 atom stereocenters. The molecule has 1 aromatic rings. The summed E-state index contributed by atoms with van der Waals surface area (Å²) in [6.07, 6.45) is 2.48. The Bertz CT molecular complexity index is 833. The summed E-state index contributed by atoms with van der Waals surface area (Å²) >= 11 is 0. The first-order valence-electron chi connectivity index (χ1n) is 12.7. The van der Waals surface area contributed by atoms with Crippen LogP contribution in [0.2, 0.25) is 0 Å². The second-order valence-electron chi connectivity index (χ2n) is 8.83. The Kier molecular flexibility index (Phi) is 16.8. The summed E-state index contributed by atoms with van der Waals surface area (Å²) in [5, 5.41) is 11.4. The summed E-state index contributed by atoms with van der Waals surface area (Å²) in [6, 6.07) is 6.86. The van der Waals surface area contributed by atoms with Gasteiger partial charge in [0.05, 0.1) is 38.4 Å². The Morgan fingerprint density at radius 3 is 2.27 bits per heavy atom. The van der Waals surface area contributed by atoms with Gasteiger partial charge in [0.2, 0.25) is 17.7 Å². The molecule has 0 heterocycles. The van der Waals surface area contributed by atoms with Gasteiger partial charge in [0.15, 0.2) is 5.78 Å². The third-order valence-electron chi connectivity index (χ3n) is 5.63. The molecule has 208 valence electrons. The van der Waals surface area contributed by atoms with Gasteiger partial charge in [-0.05, 0) is 45.2 Å². The Labute approximate surface area is 219 Å². The summed E-state index contributed by atoms with van der Waals surface area (Å²) < 4.78 is 10.5. The number of Topliss-reactive ketones (excluding diaryl/α,β-unsaturated/α-hetero) is 1. The molecule has 0 aliphatic carbocycles. The van der Waals surface area contributed by atoms with Crippen LogP contribution in [-0.4, -0.2) is 88.7 Å². The van der Waals surface area contributed by atoms with Crippen LogP contribution in [0.1, 0.15) is 37.3 Å². The van der Waals surface area contributed by atoms with Gasteiger partial charge in [0, 0.05) is 20.0 Å². The third kappa shape index (κ3) is 15.8. The van der Waals surface area contributed by atoms with Gasteiger partial charge in [-0.25, -0.2) is 0 Å². The highest BCUT2D eigenvalue weighted by atomic mass is 16.5. The molecule has 3 amide bonds. The predicted octanol–water partition coefficient (Wildman–Crippen LogP) is -0.406. The number of carbonyl (C=O) groups excluding carboxylic acids is 4. The molecule has 0 radical (unpaired) electrons. The van der Waals surface area contributed by atoms with Gasteiger partial charge >= 0.3 is 0 Å². The molecule has 0 aliphatic rings. The Morgan fingerprint density at radius 2 is 1.62 bits per heavy atom. The summed E-state index contributed by atoms with van der Waals surface area (Å²) in [4.78, 5) is 47.0. The highest BCUT2D eigenvalue weighted by molar-refractivity contribution is 5.87. The Hall–Kier alpha value is -2.86. The van der Waals surface area contributed by atoms with Crippen LogP contribution in [0.5, 0.6) is 0 Å². The van der Waals surface area contributed by atoms with E-state index in [-0.39, 0.29) is 43.4 Å². The molecule has 1 rings (SSSR count). The fraction of sp³-hybridized carbons (Fsp3) is 0.615. The molecule has 0 fully saturated rings. The summed E-state index contributed by atoms with van der Waals surface area (Å²) in [7, 11) is 1.73. The van der Waals surface area contributed by atoms with E-state index in [1.807, 2.05) is 31.2 Å². The van der Waals surface area contributed by atoms with Crippen molar-refractivity contribution in [2.45, 2.75) is 51.6 Å². The number of nitrogens with two attached hydrogens (primary N) is 1. The SMILES string of the molecule is CN[C@@H](CCCCNC(=O)COCCOCCNC(C)=O)C(=O)CN[C@H](Cc1ccc(C)cc1)C(N)=O. The monoisotopic (exact) mass is 521 g/mol. The number of unbranched alkanes of at least 4 members (excludes halogenated alkanes) is 1. The van der Waals surface area contributed by atoms with Crippen molar-refractivity contribution in [1.82, 2.24) is 21.3 Å². The number of benzene rings is 1. The second kappa shape index (κ2) is 19.3. The normalized spacial score (nSPS) is 12.5. The zero-order valence-electron chi connectivity index (χ0n) is 22.3. The lowest BCUT2D eigenvalue weighted by atomic mass is 10.0. The smallest absolute Gasteiger partial charge is 0.245 e. The van der Waals surface area contributed by atoms with Gasteiger partial charge in [-0.1, -0.05) is 29.8 Å². The van der Waals surface area contributed by atoms with Crippen molar-refractivity contribution in [3.05, 3.63) is 35.4 Å². The summed E-state index contributed by atoms with van der Waals surface area (Å²) in [5.74, 6) is -0.864. The highest BCUT2D eigenvalue weighted by Crippen LogP contribution is 2.07. The van der Waals surface area contributed by atoms with Crippen LogP contribution < -0.4 is 27.0 Å². The minimum atomic E-state index is -0.628. The van der Waals surface area contributed by atoms with Crippen molar-refractivity contribution in [2.75, 3.05) is 53.1 Å². The first kappa shape index (κ1) is 32.2. The number of nitrogens with one attached hydrogen (secondary N) is 4. The number of ketones is 1. The minimum absolute atomic E-state index is 0.0377. The van der Waals surface area contributed by atoms with E-state index in [0.29, 0.717) is 45.6 Å². The van der Waals surface area contributed by atoms with Crippen LogP contribution >= 0.6 is 0 Å². The molecular formula is C26H43N5O6. The zero-order chi connectivity index (χ0) is 27.5. The number of hydrogen-bond donors (Lipinski definition) is 5. The number of ether oxygens (including phenoxy) is 2. The van der Waals surface area contributed by atoms with Crippen molar-refractivity contribution in [1.29, 1.82) is 0 Å². The van der Waals surface area contributed by atoms with E-state index in [1.54, 1.807) is 7.05 Å². The molecule has 0 bridgehead atoms. The summed E-state index contributed by atoms with van der Waals surface area (Å²) in [6.45, 7) is 5.36. The molecule has 0 saturated heterocycles. The zero-order valence-corrected chi connectivity index (χ0v) is 22.3. The van der Waals surface area contributed by atoms with Crippen LogP contribution in [0.15, 0.2) is 24.3 Å². The predicted molar refractivity (Wildman–Crippen MR) is 141 cm³/mol. The van der Waals surface area contributed by atoms with Crippen LogP contribution in [0, 0.1) is 6.92 Å². The number of amides is 3. The summed E-state index contributed by atoms with van der Waals surface area (Å²) in [5.41, 5.74) is 7.63. The molecule has 0 spiro atoms. The van der Waals surface area contributed by atoms with Crippen molar-refractivity contribution < 1.29 is 28.7 Å². The molecule has 11 nitrogen and oxygen atoms in total. The van der Waals surface area contributed by atoms with Crippen molar-refractivity contribution >= 4 is 23.5 Å². The van der Waals surface area contributed by atoms with Crippen LogP contribution in [0.3, 0.4) is 0 Å². The maximum absolute atomic E-state index is 12.6. The highest BCUT2D eigenvalue weighted by Gasteiger charge is 2.20. The maximum Gasteiger partial charge on any atom is 0.245 e. The van der Waals surface area contributed by atoms with Crippen molar-refractivity contribution in [3.8, 4) is 0 Å². The van der Waals surface area contributed by atoms with E-state index >= 15 is 0 Å². The van der Waals surface area contributed by atoms with Crippen LogP contribution in [0.4, 0.5) is 0 Å². The molecule has 0 saturated carbocycles. The number of hydrogen-bond acceptors (Lipinski definition) is 8. The molecule has 11 heteroatoms. The molecule has 1 aromatic carbocycles. The first-order valence-corrected chi connectivity index (χ1v) is 12.7. The van der Waals surface area contributed by atoms with Gasteiger partial charge in [-0.2, -0.15) is 0 Å². The molecule has 0 unspecified atom stereocenters. The minimum Gasteiger partial charge on any atom is -0.377 e. The van der Waals surface area contributed by atoms with E-state index in [2.05, 4.69) is 21.3 Å². The van der Waals surface area contributed by atoms with Crippen LogP contribution in [-0.2, 0) is 35.1 Å². The van der Waals surface area contributed by atoms with E-state index in [9.17, 15) is 19.2 Å². The lowest BCUT2D eigenvalue weighted by Crippen LogP contribution is -2.48. The molecule has 6 N–H and O–H groups in total. The van der Waals surface area contributed by atoms with Gasteiger partial charge in [0.1, 0.15) is 6.61 Å². The van der Waals surface area contributed by atoms with E-state index in [4.69, 9.17) is 15.2 Å². The van der Waals surface area contributed by atoms with Gasteiger partial charge in [-0.15, -0.1) is 0 Å². The molecule has 0 aromatic heterocycles. The number of primary amides is 1. The lowest BCUT2D eigenvalue weighted by Gasteiger charge is -2.19. The number of aryl methyl sites for hydroxylation is 1. The standard InChI is InChI=1S/C26H43N5O6/c1-19-7-9-21(10-8-19)16-23(26(27)35)31-17-24(33)22(28-3)6-4-5-11-30-25(34)18-37-15-14-36-13-12-29-20(2)32/h7-10,22-23,28,31H,4-6,11-18H2,1-3H3,(H2,27,35)(H,29,32)(H,30,34)/t22-,23+/m0/s1. The lowest BCUT2D eigenvalue weighted by molar-refractivity contribution is -0.126. The quantitative estimate of drug-likeness (QED) is 0.137. The average molecular weight is 522 g/mol. The molecule has 37 heavy (non-hydrogen) atoms. The van der Waals surface area contributed by atoms with E-state index in [0.717, 1.165) is 17.5 Å². The van der Waals surface area contributed by atoms with Gasteiger partial charge < -0.3 is 31.2 Å². The Balaban J connectivity index is 2.18. The largest absolute Gasteiger partial charge is 0.377 e. The fourth-order valence-electron chi connectivity index (χ4n) is 3.48. The number of rotatable bonds is 21. The van der Waals surface area contributed by atoms with Crippen molar-refractivity contribution in [2.24, 2.45) is 5.73 Å². The van der Waals surface area contributed by atoms with Gasteiger partial charge in [-0.3, -0.25) is 24.5 Å². The van der Waals surface area contributed by atoms with Gasteiger partial charge in [0.25, 0.3) is 0 Å². The topological polar surface area (TPSA) is 161 Å². The Morgan fingerprint density at radius 1 is 0.919 bits per heavy atom. The van der Waals surface area contributed by atoms with E-state index in [1.165, 1.54) is 6.92 Å². The fourth-order valence-corrected chi connectivity index (χ4v) is 3.48. The molecule has 0 aliphatic heterocycles. The number of likely N-dealkylation sites (N-methyl/N-ethyl adjacent to an activating group) is 1. The number of carbonyl (C=O) groups is 4. The van der Waals surface area contributed by atoms with Crippen LogP contribution in [0.25, 0.3) is 0 Å². The average Bonchev–Trinajstić information content (AvgIpc) is 2.86. The first-order chi connectivity index (χ1) is 17.7. The second-order valence-corrected chi connectivity index (χ2v) is 8.83. The molecular weight excluding hydrogens is 478 g/mol. The van der Waals surface area contributed by atoms with Crippen molar-refractivity contribution in [3.63, 3.8) is 0 Å².